The molecule has 0 saturated carbocycles. The maximum atomic E-state index is 2.46. The van der Waals surface area contributed by atoms with E-state index in [2.05, 4.69) is 27.7 Å². The molecule has 0 aromatic carbocycles. The van der Waals surface area contributed by atoms with Crippen LogP contribution in [-0.2, 0) is 0 Å². The molecule has 0 aliphatic rings. The highest BCUT2D eigenvalue weighted by Gasteiger charge is 2.11. The first-order valence-electron chi connectivity index (χ1n) is 8.74. The summed E-state index contributed by atoms with van der Waals surface area (Å²) in [7, 11) is 0. The average molecular weight is 255 g/mol. The molecule has 0 spiro atoms. The van der Waals surface area contributed by atoms with Crippen molar-refractivity contribution in [2.24, 2.45) is 11.8 Å². The minimum atomic E-state index is 0.954. The Labute approximate surface area is 117 Å². The lowest BCUT2D eigenvalue weighted by Gasteiger charge is -2.19. The van der Waals surface area contributed by atoms with Crippen molar-refractivity contribution >= 4 is 0 Å². The van der Waals surface area contributed by atoms with E-state index >= 15 is 0 Å². The largest absolute Gasteiger partial charge is 0.0654 e. The van der Waals surface area contributed by atoms with Crippen LogP contribution in [0.3, 0.4) is 0 Å². The van der Waals surface area contributed by atoms with Gasteiger partial charge in [-0.05, 0) is 18.3 Å². The molecule has 0 saturated heterocycles. The van der Waals surface area contributed by atoms with E-state index in [1.165, 1.54) is 77.0 Å². The Balaban J connectivity index is 3.51. The van der Waals surface area contributed by atoms with E-state index in [1.54, 1.807) is 0 Å². The lowest BCUT2D eigenvalue weighted by Crippen LogP contribution is -2.06. The molecule has 0 bridgehead atoms. The van der Waals surface area contributed by atoms with E-state index in [-0.39, 0.29) is 0 Å². The summed E-state index contributed by atoms with van der Waals surface area (Å²) in [5.41, 5.74) is 0. The molecule has 18 heavy (non-hydrogen) atoms. The fraction of sp³-hybridized carbons (Fsp3) is 1.00. The molecule has 0 aromatic heterocycles. The minimum Gasteiger partial charge on any atom is -0.0654 e. The van der Waals surface area contributed by atoms with Crippen molar-refractivity contribution in [1.29, 1.82) is 0 Å². The Kier molecular flexibility index (Phi) is 13.4. The predicted molar refractivity (Wildman–Crippen MR) is 85.1 cm³/mol. The molecule has 0 amide bonds. The highest BCUT2D eigenvalue weighted by molar-refractivity contribution is 4.63. The van der Waals surface area contributed by atoms with Crippen molar-refractivity contribution in [3.8, 4) is 0 Å². The Morgan fingerprint density at radius 1 is 0.667 bits per heavy atom. The lowest BCUT2D eigenvalue weighted by molar-refractivity contribution is 0.332. The highest BCUT2D eigenvalue weighted by atomic mass is 14.2. The van der Waals surface area contributed by atoms with E-state index in [0.717, 1.165) is 11.8 Å². The van der Waals surface area contributed by atoms with E-state index in [0.29, 0.717) is 0 Å². The molecule has 0 aromatic rings. The summed E-state index contributed by atoms with van der Waals surface area (Å²) < 4.78 is 0. The summed E-state index contributed by atoms with van der Waals surface area (Å²) in [5.74, 6) is 1.96. The molecule has 110 valence electrons. The van der Waals surface area contributed by atoms with Gasteiger partial charge in [-0.25, -0.2) is 0 Å². The minimum absolute atomic E-state index is 0.954. The monoisotopic (exact) mass is 254 g/mol. The zero-order valence-corrected chi connectivity index (χ0v) is 13.6. The van der Waals surface area contributed by atoms with Crippen molar-refractivity contribution in [3.05, 3.63) is 0 Å². The van der Waals surface area contributed by atoms with E-state index in [9.17, 15) is 0 Å². The number of hydrogen-bond donors (Lipinski definition) is 0. The van der Waals surface area contributed by atoms with Crippen molar-refractivity contribution in [2.75, 3.05) is 0 Å². The molecule has 0 radical (unpaired) electrons. The second-order valence-corrected chi connectivity index (χ2v) is 6.31. The first-order valence-corrected chi connectivity index (χ1v) is 8.74. The van der Waals surface area contributed by atoms with Crippen LogP contribution in [0.1, 0.15) is 105 Å². The quantitative estimate of drug-likeness (QED) is 0.311. The number of unbranched alkanes of at least 4 members (excludes halogenated alkanes) is 6. The Bertz CT molecular complexity index is 150. The van der Waals surface area contributed by atoms with Gasteiger partial charge in [-0.1, -0.05) is 98.3 Å². The van der Waals surface area contributed by atoms with Crippen molar-refractivity contribution in [3.63, 3.8) is 0 Å². The third-order valence-electron chi connectivity index (χ3n) is 4.33. The summed E-state index contributed by atoms with van der Waals surface area (Å²) in [6, 6.07) is 0. The van der Waals surface area contributed by atoms with Crippen LogP contribution in [0.15, 0.2) is 0 Å². The van der Waals surface area contributed by atoms with Crippen LogP contribution in [0.4, 0.5) is 0 Å². The van der Waals surface area contributed by atoms with Gasteiger partial charge in [0.15, 0.2) is 0 Å². The normalized spacial score (nSPS) is 14.7. The standard InChI is InChI=1S/C18H38/c1-5-8-10-11-12-13-15-18(7-3)16-17(4)14-9-6-2/h17-18H,5-16H2,1-4H3. The SMILES string of the molecule is CCCCCCCCC(CC)CC(C)CCCC. The summed E-state index contributed by atoms with van der Waals surface area (Å²) in [5, 5.41) is 0. The van der Waals surface area contributed by atoms with Crippen molar-refractivity contribution in [2.45, 2.75) is 105 Å². The molecule has 2 atom stereocenters. The van der Waals surface area contributed by atoms with E-state index in [1.807, 2.05) is 0 Å². The zero-order chi connectivity index (χ0) is 13.6. The van der Waals surface area contributed by atoms with E-state index < -0.39 is 0 Å². The summed E-state index contributed by atoms with van der Waals surface area (Å²) in [6.45, 7) is 9.44. The second kappa shape index (κ2) is 13.4. The van der Waals surface area contributed by atoms with Gasteiger partial charge in [-0.3, -0.25) is 0 Å². The third-order valence-corrected chi connectivity index (χ3v) is 4.33. The fourth-order valence-electron chi connectivity index (χ4n) is 2.94. The zero-order valence-electron chi connectivity index (χ0n) is 13.6. The van der Waals surface area contributed by atoms with Gasteiger partial charge in [0, 0.05) is 0 Å². The van der Waals surface area contributed by atoms with Crippen LogP contribution in [0, 0.1) is 11.8 Å². The summed E-state index contributed by atoms with van der Waals surface area (Å²) >= 11 is 0. The van der Waals surface area contributed by atoms with Crippen LogP contribution >= 0.6 is 0 Å². The van der Waals surface area contributed by atoms with Crippen molar-refractivity contribution < 1.29 is 0 Å². The van der Waals surface area contributed by atoms with Gasteiger partial charge in [0.05, 0.1) is 0 Å². The molecule has 2 unspecified atom stereocenters. The predicted octanol–water partition coefficient (Wildman–Crippen LogP) is 6.98. The maximum absolute atomic E-state index is 2.46. The van der Waals surface area contributed by atoms with Crippen molar-refractivity contribution in [1.82, 2.24) is 0 Å². The molecular formula is C18H38. The molecule has 0 aliphatic carbocycles. The summed E-state index contributed by atoms with van der Waals surface area (Å²) in [4.78, 5) is 0. The average Bonchev–Trinajstić information content (AvgIpc) is 2.38. The topological polar surface area (TPSA) is 0 Å². The van der Waals surface area contributed by atoms with E-state index in [4.69, 9.17) is 0 Å². The molecule has 0 heteroatoms. The Hall–Kier alpha value is 0. The fourth-order valence-corrected chi connectivity index (χ4v) is 2.94. The molecule has 0 fully saturated rings. The third kappa shape index (κ3) is 11.1. The second-order valence-electron chi connectivity index (χ2n) is 6.31. The first-order chi connectivity index (χ1) is 8.74. The van der Waals surface area contributed by atoms with Crippen LogP contribution in [0.25, 0.3) is 0 Å². The van der Waals surface area contributed by atoms with Crippen LogP contribution < -0.4 is 0 Å². The van der Waals surface area contributed by atoms with Gasteiger partial charge in [0.2, 0.25) is 0 Å². The summed E-state index contributed by atoms with van der Waals surface area (Å²) in [6.07, 6.45) is 17.3. The van der Waals surface area contributed by atoms with Crippen LogP contribution in [-0.4, -0.2) is 0 Å². The van der Waals surface area contributed by atoms with Gasteiger partial charge in [-0.15, -0.1) is 0 Å². The maximum Gasteiger partial charge on any atom is -0.0414 e. The van der Waals surface area contributed by atoms with Gasteiger partial charge in [-0.2, -0.15) is 0 Å². The molecule has 0 aliphatic heterocycles. The highest BCUT2D eigenvalue weighted by Crippen LogP contribution is 2.25. The number of rotatable bonds is 13. The van der Waals surface area contributed by atoms with Gasteiger partial charge in [0.1, 0.15) is 0 Å². The molecule has 0 heterocycles. The Morgan fingerprint density at radius 2 is 1.28 bits per heavy atom. The van der Waals surface area contributed by atoms with Gasteiger partial charge >= 0.3 is 0 Å². The molecular weight excluding hydrogens is 216 g/mol. The lowest BCUT2D eigenvalue weighted by atomic mass is 9.87. The molecule has 0 N–H and O–H groups in total. The first kappa shape index (κ1) is 18.0. The molecule has 0 rings (SSSR count). The van der Waals surface area contributed by atoms with Crippen LogP contribution in [0.2, 0.25) is 0 Å². The number of hydrogen-bond acceptors (Lipinski definition) is 0. The van der Waals surface area contributed by atoms with Gasteiger partial charge in [0.25, 0.3) is 0 Å². The Morgan fingerprint density at radius 3 is 1.89 bits per heavy atom. The van der Waals surface area contributed by atoms with Gasteiger partial charge < -0.3 is 0 Å². The smallest absolute Gasteiger partial charge is 0.0414 e. The molecule has 0 nitrogen and oxygen atoms in total. The van der Waals surface area contributed by atoms with Crippen LogP contribution in [0.5, 0.6) is 0 Å².